The molecule has 0 aliphatic carbocycles. The van der Waals surface area contributed by atoms with Crippen molar-refractivity contribution in [3.63, 3.8) is 0 Å². The molecule has 2 aromatic rings. The van der Waals surface area contributed by atoms with Crippen molar-refractivity contribution in [1.29, 1.82) is 0 Å². The normalized spacial score (nSPS) is 18.7. The number of likely N-dealkylation sites (tertiary alicyclic amines) is 1. The number of urea groups is 1. The molecular weight excluding hydrogens is 370 g/mol. The molecule has 0 bridgehead atoms. The van der Waals surface area contributed by atoms with Gasteiger partial charge in [-0.2, -0.15) is 0 Å². The lowest BCUT2D eigenvalue weighted by atomic mass is 10.0. The van der Waals surface area contributed by atoms with Crippen LogP contribution in [0.15, 0.2) is 42.5 Å². The Morgan fingerprint density at radius 1 is 1.10 bits per heavy atom. The van der Waals surface area contributed by atoms with Gasteiger partial charge in [0, 0.05) is 36.4 Å². The van der Waals surface area contributed by atoms with Gasteiger partial charge in [-0.25, -0.2) is 4.79 Å². The first-order valence-corrected chi connectivity index (χ1v) is 9.80. The van der Waals surface area contributed by atoms with Gasteiger partial charge in [-0.15, -0.1) is 0 Å². The first-order valence-electron chi connectivity index (χ1n) is 9.80. The standard InChI is InChI=1S/C22H25N3O4/c1-28-17-8-9-20(29-2)18(14-17)19-7-4-11-25(19)21(26)15-5-3-6-16(13-15)24-12-10-23-22(24)27/h3,5-6,8-9,13-14,19H,4,7,10-12H2,1-2H3,(H,23,27). The molecule has 2 aliphatic heterocycles. The van der Waals surface area contributed by atoms with Crippen LogP contribution in [0.25, 0.3) is 0 Å². The molecule has 7 heteroatoms. The quantitative estimate of drug-likeness (QED) is 0.844. The van der Waals surface area contributed by atoms with Gasteiger partial charge in [0.2, 0.25) is 0 Å². The molecule has 3 amide bonds. The van der Waals surface area contributed by atoms with Crippen LogP contribution in [0.1, 0.15) is 34.8 Å². The molecule has 1 unspecified atom stereocenters. The van der Waals surface area contributed by atoms with E-state index < -0.39 is 0 Å². The Bertz CT molecular complexity index is 930. The highest BCUT2D eigenvalue weighted by Gasteiger charge is 2.33. The zero-order chi connectivity index (χ0) is 20.4. The SMILES string of the molecule is COc1ccc(OC)c(C2CCCN2C(=O)c2cccc(N3CCNC3=O)c2)c1. The third-order valence-electron chi connectivity index (χ3n) is 5.57. The van der Waals surface area contributed by atoms with E-state index in [-0.39, 0.29) is 18.0 Å². The second kappa shape index (κ2) is 8.03. The molecule has 29 heavy (non-hydrogen) atoms. The van der Waals surface area contributed by atoms with Gasteiger partial charge in [0.1, 0.15) is 11.5 Å². The van der Waals surface area contributed by atoms with Gasteiger partial charge in [0.05, 0.1) is 20.3 Å². The molecule has 7 nitrogen and oxygen atoms in total. The van der Waals surface area contributed by atoms with Crippen LogP contribution in [0.2, 0.25) is 0 Å². The maximum atomic E-state index is 13.4. The molecule has 2 fully saturated rings. The molecule has 1 atom stereocenters. The predicted octanol–water partition coefficient (Wildman–Crippen LogP) is 3.21. The Hall–Kier alpha value is -3.22. The number of carbonyl (C=O) groups excluding carboxylic acids is 2. The molecule has 152 valence electrons. The van der Waals surface area contributed by atoms with Crippen molar-refractivity contribution >= 4 is 17.6 Å². The highest BCUT2D eigenvalue weighted by atomic mass is 16.5. The summed E-state index contributed by atoms with van der Waals surface area (Å²) in [6, 6.07) is 12.7. The third kappa shape index (κ3) is 3.60. The molecule has 0 spiro atoms. The summed E-state index contributed by atoms with van der Waals surface area (Å²) in [6.07, 6.45) is 1.79. The van der Waals surface area contributed by atoms with E-state index in [0.717, 1.165) is 35.6 Å². The lowest BCUT2D eigenvalue weighted by molar-refractivity contribution is 0.0734. The van der Waals surface area contributed by atoms with Crippen LogP contribution >= 0.6 is 0 Å². The number of benzene rings is 2. The van der Waals surface area contributed by atoms with Crippen LogP contribution in [-0.2, 0) is 0 Å². The van der Waals surface area contributed by atoms with Crippen molar-refractivity contribution in [2.75, 3.05) is 38.8 Å². The fourth-order valence-electron chi connectivity index (χ4n) is 4.12. The number of hydrogen-bond acceptors (Lipinski definition) is 4. The van der Waals surface area contributed by atoms with Gasteiger partial charge < -0.3 is 19.7 Å². The minimum Gasteiger partial charge on any atom is -0.497 e. The topological polar surface area (TPSA) is 71.1 Å². The molecule has 0 aromatic heterocycles. The molecule has 2 aromatic carbocycles. The number of nitrogens with zero attached hydrogens (tertiary/aromatic N) is 2. The largest absolute Gasteiger partial charge is 0.497 e. The van der Waals surface area contributed by atoms with Crippen LogP contribution in [0.4, 0.5) is 10.5 Å². The fraction of sp³-hybridized carbons (Fsp3) is 0.364. The first-order chi connectivity index (χ1) is 14.1. The lowest BCUT2D eigenvalue weighted by Gasteiger charge is -2.27. The van der Waals surface area contributed by atoms with E-state index in [2.05, 4.69) is 5.32 Å². The van der Waals surface area contributed by atoms with E-state index in [0.29, 0.717) is 25.2 Å². The zero-order valence-corrected chi connectivity index (χ0v) is 16.7. The average Bonchev–Trinajstić information content (AvgIpc) is 3.42. The van der Waals surface area contributed by atoms with Crippen LogP contribution in [0, 0.1) is 0 Å². The predicted molar refractivity (Wildman–Crippen MR) is 110 cm³/mol. The van der Waals surface area contributed by atoms with E-state index >= 15 is 0 Å². The Balaban J connectivity index is 1.63. The Morgan fingerprint density at radius 2 is 1.97 bits per heavy atom. The van der Waals surface area contributed by atoms with Crippen molar-refractivity contribution in [1.82, 2.24) is 10.2 Å². The number of amides is 3. The molecule has 4 rings (SSSR count). The highest BCUT2D eigenvalue weighted by Crippen LogP contribution is 2.39. The van der Waals surface area contributed by atoms with Crippen molar-refractivity contribution in [2.24, 2.45) is 0 Å². The Morgan fingerprint density at radius 3 is 2.69 bits per heavy atom. The number of hydrogen-bond donors (Lipinski definition) is 1. The summed E-state index contributed by atoms with van der Waals surface area (Å²) in [5, 5.41) is 2.79. The summed E-state index contributed by atoms with van der Waals surface area (Å²) in [4.78, 5) is 28.9. The average molecular weight is 395 g/mol. The fourth-order valence-corrected chi connectivity index (χ4v) is 4.12. The van der Waals surface area contributed by atoms with E-state index in [1.165, 1.54) is 0 Å². The summed E-state index contributed by atoms with van der Waals surface area (Å²) in [7, 11) is 3.26. The maximum absolute atomic E-state index is 13.4. The number of carbonyl (C=O) groups is 2. The summed E-state index contributed by atoms with van der Waals surface area (Å²) in [6.45, 7) is 1.89. The number of methoxy groups -OCH3 is 2. The van der Waals surface area contributed by atoms with Crippen molar-refractivity contribution < 1.29 is 19.1 Å². The second-order valence-electron chi connectivity index (χ2n) is 7.20. The number of ether oxygens (including phenoxy) is 2. The number of rotatable bonds is 5. The zero-order valence-electron chi connectivity index (χ0n) is 16.7. The molecular formula is C22H25N3O4. The van der Waals surface area contributed by atoms with E-state index in [1.54, 1.807) is 31.3 Å². The van der Waals surface area contributed by atoms with Gasteiger partial charge in [0.15, 0.2) is 0 Å². The van der Waals surface area contributed by atoms with E-state index in [4.69, 9.17) is 9.47 Å². The lowest BCUT2D eigenvalue weighted by Crippen LogP contribution is -2.31. The third-order valence-corrected chi connectivity index (χ3v) is 5.57. The maximum Gasteiger partial charge on any atom is 0.321 e. The Labute approximate surface area is 170 Å². The van der Waals surface area contributed by atoms with Crippen molar-refractivity contribution in [2.45, 2.75) is 18.9 Å². The van der Waals surface area contributed by atoms with Crippen LogP contribution in [0.5, 0.6) is 11.5 Å². The summed E-state index contributed by atoms with van der Waals surface area (Å²) < 4.78 is 10.9. The van der Waals surface area contributed by atoms with Gasteiger partial charge in [0.25, 0.3) is 5.91 Å². The minimum absolute atomic E-state index is 0.0428. The molecule has 1 N–H and O–H groups in total. The molecule has 2 aliphatic rings. The van der Waals surface area contributed by atoms with E-state index in [9.17, 15) is 9.59 Å². The molecule has 0 saturated carbocycles. The number of nitrogens with one attached hydrogen (secondary N) is 1. The summed E-state index contributed by atoms with van der Waals surface area (Å²) in [5.41, 5.74) is 2.27. The van der Waals surface area contributed by atoms with Crippen LogP contribution < -0.4 is 19.7 Å². The van der Waals surface area contributed by atoms with Crippen LogP contribution in [-0.4, -0.2) is 50.7 Å². The van der Waals surface area contributed by atoms with Crippen molar-refractivity contribution in [3.05, 3.63) is 53.6 Å². The molecule has 0 radical (unpaired) electrons. The summed E-state index contributed by atoms with van der Waals surface area (Å²) in [5.74, 6) is 1.44. The van der Waals surface area contributed by atoms with Crippen LogP contribution in [0.3, 0.4) is 0 Å². The van der Waals surface area contributed by atoms with Gasteiger partial charge in [-0.3, -0.25) is 9.69 Å². The minimum atomic E-state index is -0.130. The van der Waals surface area contributed by atoms with E-state index in [1.807, 2.05) is 35.2 Å². The Kier molecular flexibility index (Phi) is 5.29. The molecule has 2 saturated heterocycles. The van der Waals surface area contributed by atoms with Gasteiger partial charge >= 0.3 is 6.03 Å². The smallest absolute Gasteiger partial charge is 0.321 e. The monoisotopic (exact) mass is 395 g/mol. The highest BCUT2D eigenvalue weighted by molar-refractivity contribution is 5.98. The second-order valence-corrected chi connectivity index (χ2v) is 7.20. The molecule has 2 heterocycles. The summed E-state index contributed by atoms with van der Waals surface area (Å²) >= 11 is 0. The van der Waals surface area contributed by atoms with Gasteiger partial charge in [-0.05, 0) is 49.2 Å². The van der Waals surface area contributed by atoms with Gasteiger partial charge in [-0.1, -0.05) is 6.07 Å². The van der Waals surface area contributed by atoms with Crippen molar-refractivity contribution in [3.8, 4) is 11.5 Å². The first kappa shape index (κ1) is 19.1. The number of anilines is 1.